The smallest absolute Gasteiger partial charge is 0.411 e. The zero-order valence-electron chi connectivity index (χ0n) is 26.4. The largest absolute Gasteiger partial charge is 0.496 e. The van der Waals surface area contributed by atoms with Gasteiger partial charge in [0, 0.05) is 41.3 Å². The average Bonchev–Trinajstić information content (AvgIpc) is 3.35. The number of anilines is 1. The number of fused-ring (bicyclic) bond motifs is 2. The SMILES string of the molecule is COc1ccccc1C1(OC(=O)N2CCC(N3CCCCC3)CC2)C(=O)N(S(=O)(=O)c2cccc3cccnc23)c2ccc(Cl)cc21.Cl. The van der Waals surface area contributed by atoms with Crippen LogP contribution < -0.4 is 9.04 Å². The first kappa shape index (κ1) is 34.0. The second-order valence-electron chi connectivity index (χ2n) is 12.1. The highest BCUT2D eigenvalue weighted by molar-refractivity contribution is 7.93. The summed E-state index contributed by atoms with van der Waals surface area (Å²) in [6.07, 6.45) is 5.94. The maximum Gasteiger partial charge on any atom is 0.411 e. The number of halogens is 2. The van der Waals surface area contributed by atoms with Crippen LogP contribution in [0.5, 0.6) is 5.75 Å². The van der Waals surface area contributed by atoms with E-state index in [1.165, 1.54) is 56.8 Å². The number of likely N-dealkylation sites (tertiary alicyclic amines) is 2. The number of carbonyl (C=O) groups excluding carboxylic acids is 2. The number of aromatic nitrogens is 1. The Labute approximate surface area is 291 Å². The van der Waals surface area contributed by atoms with E-state index in [1.54, 1.807) is 53.4 Å². The van der Waals surface area contributed by atoms with E-state index in [0.717, 1.165) is 25.9 Å². The van der Waals surface area contributed by atoms with Crippen molar-refractivity contribution >= 4 is 62.6 Å². The Hall–Kier alpha value is -3.90. The van der Waals surface area contributed by atoms with Crippen molar-refractivity contribution in [2.24, 2.45) is 0 Å². The highest BCUT2D eigenvalue weighted by Gasteiger charge is 2.61. The van der Waals surface area contributed by atoms with Crippen molar-refractivity contribution in [3.05, 3.63) is 95.1 Å². The molecule has 2 fully saturated rings. The lowest BCUT2D eigenvalue weighted by atomic mass is 9.86. The fourth-order valence-electron chi connectivity index (χ4n) is 7.20. The molecule has 2 saturated heterocycles. The quantitative estimate of drug-likeness (QED) is 0.227. The fraction of sp³-hybridized carbons (Fsp3) is 0.343. The first-order valence-corrected chi connectivity index (χ1v) is 17.7. The summed E-state index contributed by atoms with van der Waals surface area (Å²) in [5.74, 6) is -0.738. The van der Waals surface area contributed by atoms with E-state index in [9.17, 15) is 13.2 Å². The molecule has 3 aliphatic heterocycles. The molecule has 0 aliphatic carbocycles. The average molecular weight is 712 g/mol. The van der Waals surface area contributed by atoms with E-state index in [-0.39, 0.29) is 50.4 Å². The molecule has 13 heteroatoms. The number of hydrogen-bond acceptors (Lipinski definition) is 8. The van der Waals surface area contributed by atoms with Crippen LogP contribution >= 0.6 is 24.0 Å². The fourth-order valence-corrected chi connectivity index (χ4v) is 9.00. The van der Waals surface area contributed by atoms with Crippen LogP contribution in [0.3, 0.4) is 0 Å². The topological polar surface area (TPSA) is 109 Å². The number of amides is 2. The van der Waals surface area contributed by atoms with Crippen molar-refractivity contribution in [2.45, 2.75) is 48.6 Å². The molecule has 4 aromatic rings. The first-order valence-electron chi connectivity index (χ1n) is 15.8. The van der Waals surface area contributed by atoms with Gasteiger partial charge in [-0.1, -0.05) is 54.4 Å². The van der Waals surface area contributed by atoms with E-state index >= 15 is 4.79 Å². The van der Waals surface area contributed by atoms with Gasteiger partial charge in [0.05, 0.1) is 23.9 Å². The summed E-state index contributed by atoms with van der Waals surface area (Å²) in [5.41, 5.74) is -1.69. The van der Waals surface area contributed by atoms with Gasteiger partial charge in [-0.3, -0.25) is 9.78 Å². The zero-order valence-corrected chi connectivity index (χ0v) is 28.8. The van der Waals surface area contributed by atoms with Gasteiger partial charge < -0.3 is 19.3 Å². The molecule has 0 radical (unpaired) electrons. The standard InChI is InChI=1S/C35H35ClN4O6S.ClH/c1-45-30-12-4-3-11-27(30)35(46-34(42)39-21-16-26(17-22-39)38-19-5-2-6-20-38)28-23-25(36)14-15-29(28)40(33(35)41)47(43,44)31-13-7-9-24-10-8-18-37-32(24)31;/h3-4,7-15,18,23,26H,2,5-6,16-17,19-22H2,1H3;1H. The maximum atomic E-state index is 15.0. The molecular formula is C35H36Cl2N4O6S. The summed E-state index contributed by atoms with van der Waals surface area (Å²) >= 11 is 6.52. The van der Waals surface area contributed by atoms with E-state index < -0.39 is 27.6 Å². The lowest BCUT2D eigenvalue weighted by molar-refractivity contribution is -0.132. The Morgan fingerprint density at radius 3 is 2.40 bits per heavy atom. The van der Waals surface area contributed by atoms with E-state index in [1.807, 2.05) is 0 Å². The van der Waals surface area contributed by atoms with Crippen LogP contribution in [-0.2, 0) is 25.2 Å². The molecule has 0 N–H and O–H groups in total. The van der Waals surface area contributed by atoms with Gasteiger partial charge in [-0.05, 0) is 75.2 Å². The number of sulfonamides is 1. The first-order chi connectivity index (χ1) is 22.8. The molecule has 3 aromatic carbocycles. The monoisotopic (exact) mass is 710 g/mol. The predicted molar refractivity (Wildman–Crippen MR) is 185 cm³/mol. The molecule has 0 saturated carbocycles. The Bertz CT molecular complexity index is 1960. The third-order valence-electron chi connectivity index (χ3n) is 9.51. The number of piperidine rings is 2. The Morgan fingerprint density at radius 2 is 1.65 bits per heavy atom. The van der Waals surface area contributed by atoms with Crippen LogP contribution in [0.2, 0.25) is 5.02 Å². The third kappa shape index (κ3) is 5.66. The number of hydrogen-bond donors (Lipinski definition) is 0. The van der Waals surface area contributed by atoms with Gasteiger partial charge in [0.2, 0.25) is 5.60 Å². The zero-order chi connectivity index (χ0) is 32.8. The molecule has 252 valence electrons. The summed E-state index contributed by atoms with van der Waals surface area (Å²) < 4.78 is 41.9. The predicted octanol–water partition coefficient (Wildman–Crippen LogP) is 6.38. The minimum absolute atomic E-state index is 0. The van der Waals surface area contributed by atoms with Crippen molar-refractivity contribution in [3.63, 3.8) is 0 Å². The van der Waals surface area contributed by atoms with E-state index in [4.69, 9.17) is 21.1 Å². The molecule has 2 amide bonds. The van der Waals surface area contributed by atoms with E-state index in [0.29, 0.717) is 28.8 Å². The molecule has 10 nitrogen and oxygen atoms in total. The summed E-state index contributed by atoms with van der Waals surface area (Å²) in [6.45, 7) is 3.02. The minimum Gasteiger partial charge on any atom is -0.496 e. The summed E-state index contributed by atoms with van der Waals surface area (Å²) in [6, 6.07) is 19.7. The van der Waals surface area contributed by atoms with Crippen molar-refractivity contribution in [2.75, 3.05) is 37.6 Å². The number of nitrogens with zero attached hydrogens (tertiary/aromatic N) is 4. The number of methoxy groups -OCH3 is 1. The Kier molecular flexibility index (Phi) is 9.59. The number of rotatable bonds is 6. The van der Waals surface area contributed by atoms with Gasteiger partial charge in [-0.25, -0.2) is 13.2 Å². The summed E-state index contributed by atoms with van der Waals surface area (Å²) in [4.78, 5) is 37.4. The molecule has 4 heterocycles. The molecule has 0 bridgehead atoms. The van der Waals surface area contributed by atoms with Gasteiger partial charge in [-0.2, -0.15) is 4.31 Å². The van der Waals surface area contributed by atoms with Crippen LogP contribution in [0.25, 0.3) is 10.9 Å². The highest BCUT2D eigenvalue weighted by atomic mass is 35.5. The second kappa shape index (κ2) is 13.5. The molecule has 1 atom stereocenters. The van der Waals surface area contributed by atoms with Gasteiger partial charge in [0.1, 0.15) is 10.6 Å². The number of pyridine rings is 1. The molecule has 1 aromatic heterocycles. The molecular weight excluding hydrogens is 675 g/mol. The van der Waals surface area contributed by atoms with Crippen molar-refractivity contribution in [3.8, 4) is 5.75 Å². The number of ether oxygens (including phenoxy) is 2. The minimum atomic E-state index is -4.59. The van der Waals surface area contributed by atoms with Crippen molar-refractivity contribution < 1.29 is 27.5 Å². The molecule has 48 heavy (non-hydrogen) atoms. The second-order valence-corrected chi connectivity index (χ2v) is 14.3. The van der Waals surface area contributed by atoms with E-state index in [2.05, 4.69) is 9.88 Å². The normalized spacial score (nSPS) is 20.3. The van der Waals surface area contributed by atoms with Gasteiger partial charge in [0.15, 0.2) is 0 Å². The summed E-state index contributed by atoms with van der Waals surface area (Å²) in [5, 5.41) is 0.826. The van der Waals surface area contributed by atoms with Gasteiger partial charge in [0.25, 0.3) is 15.9 Å². The molecule has 1 unspecified atom stereocenters. The van der Waals surface area contributed by atoms with Crippen molar-refractivity contribution in [1.29, 1.82) is 0 Å². The van der Waals surface area contributed by atoms with Gasteiger partial charge in [-0.15, -0.1) is 12.4 Å². The van der Waals surface area contributed by atoms with Gasteiger partial charge >= 0.3 is 6.09 Å². The molecule has 0 spiro atoms. The van der Waals surface area contributed by atoms with Crippen LogP contribution in [0, 0.1) is 0 Å². The van der Waals surface area contributed by atoms with Crippen LogP contribution in [0.4, 0.5) is 10.5 Å². The Balaban J connectivity index is 0.00000401. The number of benzene rings is 3. The number of para-hydroxylation sites is 2. The van der Waals surface area contributed by atoms with Crippen molar-refractivity contribution in [1.82, 2.24) is 14.8 Å². The Morgan fingerprint density at radius 1 is 0.917 bits per heavy atom. The third-order valence-corrected chi connectivity index (χ3v) is 11.5. The number of carbonyl (C=O) groups is 2. The van der Waals surface area contributed by atoms with Crippen LogP contribution in [0.1, 0.15) is 43.2 Å². The maximum absolute atomic E-state index is 15.0. The van der Waals surface area contributed by atoms with Crippen LogP contribution in [0.15, 0.2) is 83.9 Å². The lowest BCUT2D eigenvalue weighted by Crippen LogP contribution is -2.52. The van der Waals surface area contributed by atoms with Crippen LogP contribution in [-0.4, -0.2) is 74.5 Å². The highest BCUT2D eigenvalue weighted by Crippen LogP contribution is 2.52. The molecule has 3 aliphatic rings. The lowest BCUT2D eigenvalue weighted by Gasteiger charge is -2.40. The molecule has 7 rings (SSSR count). The summed E-state index contributed by atoms with van der Waals surface area (Å²) in [7, 11) is -3.15.